The maximum atomic E-state index is 14.1. The monoisotopic (exact) mass is 487 g/mol. The predicted molar refractivity (Wildman–Crippen MR) is 141 cm³/mol. The molecule has 0 aliphatic carbocycles. The molecule has 0 radical (unpaired) electrons. The maximum Gasteiger partial charge on any atom is 0.332 e. The van der Waals surface area contributed by atoms with E-state index in [1.807, 2.05) is 108 Å². The minimum Gasteiger partial charge on any atom is -0.334 e. The zero-order valence-corrected chi connectivity index (χ0v) is 20.1. The van der Waals surface area contributed by atoms with Crippen LogP contribution in [0.2, 0.25) is 0 Å². The van der Waals surface area contributed by atoms with Crippen molar-refractivity contribution in [1.29, 1.82) is 0 Å². The normalized spacial score (nSPS) is 22.4. The molecule has 0 unspecified atom stereocenters. The second-order valence-corrected chi connectivity index (χ2v) is 10.0. The van der Waals surface area contributed by atoms with E-state index < -0.39 is 12.0 Å². The molecule has 0 N–H and O–H groups in total. The molecule has 2 bridgehead atoms. The molecule has 3 atom stereocenters. The number of urea groups is 1. The van der Waals surface area contributed by atoms with Gasteiger partial charge >= 0.3 is 6.03 Å². The standard InChI is InChI=1S/C31H25N3O3/c35-29(27(21-11-3-1-4-12-21)22-13-5-2-6-14-22)32-19-23-18-26(32)28-30(36)34(31(37)33(23)28)25-17-9-15-20-10-7-8-16-24(20)25/h1-17,23,26-28H,18-19H2/t23-,26-,28-/m0/s1. The molecule has 3 saturated heterocycles. The average molecular weight is 488 g/mol. The Labute approximate surface area is 214 Å². The number of anilines is 1. The number of hydrogen-bond acceptors (Lipinski definition) is 3. The third-order valence-corrected chi connectivity index (χ3v) is 8.07. The predicted octanol–water partition coefficient (Wildman–Crippen LogP) is 4.79. The minimum absolute atomic E-state index is 0.0200. The molecule has 37 heavy (non-hydrogen) atoms. The van der Waals surface area contributed by atoms with Crippen LogP contribution >= 0.6 is 0 Å². The SMILES string of the molecule is O=C1[C@@H]2[C@@H]3C[C@@H](CN3C(=O)C(c3ccccc3)c3ccccc3)N2C(=O)N1c1cccc2ccccc12. The first-order valence-corrected chi connectivity index (χ1v) is 12.7. The van der Waals surface area contributed by atoms with Crippen molar-refractivity contribution in [3.05, 3.63) is 114 Å². The summed E-state index contributed by atoms with van der Waals surface area (Å²) in [5.74, 6) is -0.729. The number of nitrogens with zero attached hydrogens (tertiary/aromatic N) is 3. The Kier molecular flexibility index (Phi) is 4.89. The number of carbonyl (C=O) groups excluding carboxylic acids is 3. The third kappa shape index (κ3) is 3.22. The highest BCUT2D eigenvalue weighted by molar-refractivity contribution is 6.25. The fraction of sp³-hybridized carbons (Fsp3) is 0.194. The van der Waals surface area contributed by atoms with Gasteiger partial charge in [0.05, 0.1) is 23.7 Å². The first-order chi connectivity index (χ1) is 18.1. The van der Waals surface area contributed by atoms with Crippen LogP contribution in [0.4, 0.5) is 10.5 Å². The van der Waals surface area contributed by atoms with Crippen molar-refractivity contribution in [2.75, 3.05) is 11.4 Å². The highest BCUT2D eigenvalue weighted by atomic mass is 16.2. The number of piperazine rings is 1. The highest BCUT2D eigenvalue weighted by Crippen LogP contribution is 2.44. The van der Waals surface area contributed by atoms with E-state index in [1.54, 1.807) is 4.90 Å². The fourth-order valence-corrected chi connectivity index (χ4v) is 6.47. The van der Waals surface area contributed by atoms with Crippen molar-refractivity contribution in [3.8, 4) is 0 Å². The van der Waals surface area contributed by atoms with Crippen LogP contribution in [-0.4, -0.2) is 52.3 Å². The summed E-state index contributed by atoms with van der Waals surface area (Å²) >= 11 is 0. The zero-order valence-electron chi connectivity index (χ0n) is 20.1. The van der Waals surface area contributed by atoms with E-state index in [0.29, 0.717) is 18.7 Å². The van der Waals surface area contributed by atoms with Gasteiger partial charge in [0.2, 0.25) is 5.91 Å². The fourth-order valence-electron chi connectivity index (χ4n) is 6.47. The Morgan fingerprint density at radius 3 is 2.08 bits per heavy atom. The lowest BCUT2D eigenvalue weighted by Crippen LogP contribution is -2.55. The van der Waals surface area contributed by atoms with Crippen LogP contribution in [0.25, 0.3) is 10.8 Å². The Balaban J connectivity index is 1.24. The largest absolute Gasteiger partial charge is 0.334 e. The molecule has 0 spiro atoms. The van der Waals surface area contributed by atoms with Crippen molar-refractivity contribution >= 4 is 34.3 Å². The Morgan fingerprint density at radius 2 is 1.38 bits per heavy atom. The number of rotatable bonds is 4. The van der Waals surface area contributed by atoms with Gasteiger partial charge in [0, 0.05) is 11.9 Å². The van der Waals surface area contributed by atoms with Gasteiger partial charge < -0.3 is 9.80 Å². The first-order valence-electron chi connectivity index (χ1n) is 12.7. The van der Waals surface area contributed by atoms with Gasteiger partial charge in [-0.05, 0) is 29.0 Å². The summed E-state index contributed by atoms with van der Waals surface area (Å²) < 4.78 is 0. The summed E-state index contributed by atoms with van der Waals surface area (Å²) in [6.45, 7) is 0.443. The molecule has 6 heteroatoms. The van der Waals surface area contributed by atoms with Crippen molar-refractivity contribution in [1.82, 2.24) is 9.80 Å². The van der Waals surface area contributed by atoms with E-state index in [4.69, 9.17) is 0 Å². The van der Waals surface area contributed by atoms with Crippen molar-refractivity contribution in [2.24, 2.45) is 0 Å². The zero-order chi connectivity index (χ0) is 25.1. The molecule has 4 aromatic carbocycles. The number of likely N-dealkylation sites (tertiary alicyclic amines) is 1. The second-order valence-electron chi connectivity index (χ2n) is 10.0. The molecule has 3 aliphatic rings. The molecule has 3 fully saturated rings. The summed E-state index contributed by atoms with van der Waals surface area (Å²) in [6, 6.07) is 31.6. The van der Waals surface area contributed by atoms with E-state index in [-0.39, 0.29) is 29.9 Å². The lowest BCUT2D eigenvalue weighted by atomic mass is 9.89. The van der Waals surface area contributed by atoms with Crippen LogP contribution < -0.4 is 4.90 Å². The third-order valence-electron chi connectivity index (χ3n) is 8.07. The summed E-state index contributed by atoms with van der Waals surface area (Å²) in [5, 5.41) is 1.84. The van der Waals surface area contributed by atoms with Crippen molar-refractivity contribution < 1.29 is 14.4 Å². The van der Waals surface area contributed by atoms with Gasteiger partial charge in [-0.15, -0.1) is 0 Å². The smallest absolute Gasteiger partial charge is 0.332 e. The van der Waals surface area contributed by atoms with E-state index in [2.05, 4.69) is 0 Å². The second kappa shape index (κ2) is 8.30. The number of benzene rings is 4. The lowest BCUT2D eigenvalue weighted by Gasteiger charge is -2.37. The number of amides is 4. The molecule has 0 saturated carbocycles. The van der Waals surface area contributed by atoms with E-state index >= 15 is 0 Å². The maximum absolute atomic E-state index is 14.1. The van der Waals surface area contributed by atoms with Crippen LogP contribution in [-0.2, 0) is 9.59 Å². The van der Waals surface area contributed by atoms with Crippen LogP contribution in [0.15, 0.2) is 103 Å². The first kappa shape index (κ1) is 21.8. The van der Waals surface area contributed by atoms with Gasteiger partial charge in [-0.25, -0.2) is 9.69 Å². The number of fused-ring (bicyclic) bond motifs is 6. The molecular formula is C31H25N3O3. The van der Waals surface area contributed by atoms with Crippen LogP contribution in [0.1, 0.15) is 23.5 Å². The molecule has 182 valence electrons. The molecule has 4 aromatic rings. The topological polar surface area (TPSA) is 60.9 Å². The van der Waals surface area contributed by atoms with Gasteiger partial charge in [-0.3, -0.25) is 9.59 Å². The Morgan fingerprint density at radius 1 is 0.757 bits per heavy atom. The number of imide groups is 1. The van der Waals surface area contributed by atoms with E-state index in [1.165, 1.54) is 4.90 Å². The summed E-state index contributed by atoms with van der Waals surface area (Å²) in [7, 11) is 0. The average Bonchev–Trinajstić information content (AvgIpc) is 3.61. The van der Waals surface area contributed by atoms with Crippen molar-refractivity contribution in [3.63, 3.8) is 0 Å². The Hall–Kier alpha value is -4.45. The van der Waals surface area contributed by atoms with Gasteiger partial charge in [0.15, 0.2) is 0 Å². The van der Waals surface area contributed by atoms with E-state index in [9.17, 15) is 14.4 Å². The molecule has 3 heterocycles. The molecular weight excluding hydrogens is 462 g/mol. The van der Waals surface area contributed by atoms with E-state index in [0.717, 1.165) is 21.9 Å². The molecule has 4 amide bonds. The molecule has 6 nitrogen and oxygen atoms in total. The van der Waals surface area contributed by atoms with Crippen LogP contribution in [0.5, 0.6) is 0 Å². The highest BCUT2D eigenvalue weighted by Gasteiger charge is 2.63. The van der Waals surface area contributed by atoms with Crippen LogP contribution in [0.3, 0.4) is 0 Å². The van der Waals surface area contributed by atoms with Gasteiger partial charge in [-0.2, -0.15) is 0 Å². The number of carbonyl (C=O) groups is 3. The van der Waals surface area contributed by atoms with Gasteiger partial charge in [0.25, 0.3) is 5.91 Å². The van der Waals surface area contributed by atoms with Crippen molar-refractivity contribution in [2.45, 2.75) is 30.5 Å². The minimum atomic E-state index is -0.652. The Bertz CT molecular complexity index is 1490. The lowest BCUT2D eigenvalue weighted by molar-refractivity contribution is -0.136. The summed E-state index contributed by atoms with van der Waals surface area (Å²) in [4.78, 5) is 46.5. The molecule has 7 rings (SSSR count). The summed E-state index contributed by atoms with van der Waals surface area (Å²) in [6.07, 6.45) is 0.633. The summed E-state index contributed by atoms with van der Waals surface area (Å²) in [5.41, 5.74) is 2.44. The van der Waals surface area contributed by atoms with Gasteiger partial charge in [-0.1, -0.05) is 97.1 Å². The molecule has 0 aromatic heterocycles. The number of hydrogen-bond donors (Lipinski definition) is 0. The molecule has 3 aliphatic heterocycles. The van der Waals surface area contributed by atoms with Crippen LogP contribution in [0, 0.1) is 0 Å². The van der Waals surface area contributed by atoms with Gasteiger partial charge in [0.1, 0.15) is 6.04 Å². The quantitative estimate of drug-likeness (QED) is 0.389.